The smallest absolute Gasteiger partial charge is 0.389 e. The fraction of sp³-hybridized carbons (Fsp3) is 0.462. The molecule has 0 aliphatic rings. The molecule has 0 aliphatic carbocycles. The van der Waals surface area contributed by atoms with E-state index in [0.717, 1.165) is 11.0 Å². The highest BCUT2D eigenvalue weighted by molar-refractivity contribution is 7.80. The third-order valence-electron chi connectivity index (χ3n) is 2.82. The van der Waals surface area contributed by atoms with Gasteiger partial charge in [-0.15, -0.1) is 0 Å². The summed E-state index contributed by atoms with van der Waals surface area (Å²) in [6, 6.07) is 3.71. The lowest BCUT2D eigenvalue weighted by atomic mass is 10.1. The number of hydrogen-bond donors (Lipinski definition) is 1. The van der Waals surface area contributed by atoms with Gasteiger partial charge in [0.05, 0.1) is 6.54 Å². The molecule has 0 saturated carbocycles. The summed E-state index contributed by atoms with van der Waals surface area (Å²) in [6.07, 6.45) is -4.32. The summed E-state index contributed by atoms with van der Waals surface area (Å²) in [4.78, 5) is 1.20. The molecule has 0 bridgehead atoms. The minimum Gasteiger partial charge on any atom is -0.389 e. The second kappa shape index (κ2) is 6.49. The Morgan fingerprint density at radius 3 is 2.35 bits per heavy atom. The Balaban J connectivity index is 2.92. The van der Waals surface area contributed by atoms with Crippen LogP contribution in [0.4, 0.5) is 17.6 Å². The van der Waals surface area contributed by atoms with Gasteiger partial charge < -0.3 is 5.73 Å². The van der Waals surface area contributed by atoms with E-state index >= 15 is 0 Å². The zero-order valence-electron chi connectivity index (χ0n) is 11.2. The summed E-state index contributed by atoms with van der Waals surface area (Å²) < 4.78 is 51.3. The molecule has 0 aromatic heterocycles. The van der Waals surface area contributed by atoms with E-state index in [-0.39, 0.29) is 23.1 Å². The van der Waals surface area contributed by atoms with E-state index in [0.29, 0.717) is 5.56 Å². The number of alkyl halides is 3. The highest BCUT2D eigenvalue weighted by Gasteiger charge is 2.32. The van der Waals surface area contributed by atoms with Gasteiger partial charge in [0.25, 0.3) is 0 Å². The third kappa shape index (κ3) is 5.05. The van der Waals surface area contributed by atoms with E-state index in [4.69, 9.17) is 18.0 Å². The summed E-state index contributed by atoms with van der Waals surface area (Å²) in [5.74, 6) is -0.608. The summed E-state index contributed by atoms with van der Waals surface area (Å²) in [7, 11) is 0. The van der Waals surface area contributed by atoms with Crippen LogP contribution in [-0.4, -0.2) is 28.7 Å². The van der Waals surface area contributed by atoms with Gasteiger partial charge in [-0.25, -0.2) is 4.39 Å². The number of hydrogen-bond acceptors (Lipinski definition) is 2. The van der Waals surface area contributed by atoms with Crippen LogP contribution in [0.15, 0.2) is 18.2 Å². The lowest BCUT2D eigenvalue weighted by molar-refractivity contribution is -0.151. The van der Waals surface area contributed by atoms with Gasteiger partial charge in [0, 0.05) is 23.7 Å². The lowest BCUT2D eigenvalue weighted by Crippen LogP contribution is -2.38. The second-order valence-corrected chi connectivity index (χ2v) is 5.22. The molecule has 1 aromatic carbocycles. The zero-order valence-corrected chi connectivity index (χ0v) is 12.0. The van der Waals surface area contributed by atoms with E-state index in [1.54, 1.807) is 13.8 Å². The van der Waals surface area contributed by atoms with Crippen molar-refractivity contribution in [3.8, 4) is 0 Å². The average molecular weight is 308 g/mol. The van der Waals surface area contributed by atoms with E-state index in [9.17, 15) is 17.6 Å². The molecule has 0 fully saturated rings. The first-order chi connectivity index (χ1) is 9.10. The minimum atomic E-state index is -4.32. The highest BCUT2D eigenvalue weighted by atomic mass is 32.1. The molecule has 2 N–H and O–H groups in total. The molecule has 20 heavy (non-hydrogen) atoms. The van der Waals surface area contributed by atoms with Gasteiger partial charge in [0.2, 0.25) is 0 Å². The Kier molecular flexibility index (Phi) is 5.47. The van der Waals surface area contributed by atoms with Crippen molar-refractivity contribution in [3.63, 3.8) is 0 Å². The second-order valence-electron chi connectivity index (χ2n) is 4.78. The van der Waals surface area contributed by atoms with Crippen molar-refractivity contribution >= 4 is 17.2 Å². The monoisotopic (exact) mass is 308 g/mol. The molecule has 1 aromatic rings. The maximum atomic E-state index is 13.8. The molecule has 2 nitrogen and oxygen atoms in total. The molecule has 0 amide bonds. The largest absolute Gasteiger partial charge is 0.401 e. The van der Waals surface area contributed by atoms with Crippen LogP contribution in [0.1, 0.15) is 25.0 Å². The van der Waals surface area contributed by atoms with Gasteiger partial charge >= 0.3 is 6.18 Å². The predicted octanol–water partition coefficient (Wildman–Crippen LogP) is 3.23. The summed E-state index contributed by atoms with van der Waals surface area (Å²) in [5, 5.41) is 0. The van der Waals surface area contributed by atoms with Crippen LogP contribution in [0.3, 0.4) is 0 Å². The van der Waals surface area contributed by atoms with Gasteiger partial charge in [-0.3, -0.25) is 4.90 Å². The summed E-state index contributed by atoms with van der Waals surface area (Å²) >= 11 is 4.72. The van der Waals surface area contributed by atoms with Crippen molar-refractivity contribution in [1.29, 1.82) is 0 Å². The number of benzene rings is 1. The van der Waals surface area contributed by atoms with Gasteiger partial charge in [-0.2, -0.15) is 13.2 Å². The Labute approximate surface area is 120 Å². The van der Waals surface area contributed by atoms with Crippen LogP contribution in [0.2, 0.25) is 0 Å². The first-order valence-corrected chi connectivity index (χ1v) is 6.40. The molecule has 0 saturated heterocycles. The van der Waals surface area contributed by atoms with Gasteiger partial charge in [-0.1, -0.05) is 24.4 Å². The van der Waals surface area contributed by atoms with Crippen LogP contribution in [0, 0.1) is 5.82 Å². The van der Waals surface area contributed by atoms with Crippen molar-refractivity contribution < 1.29 is 17.6 Å². The van der Waals surface area contributed by atoms with Crippen molar-refractivity contribution in [2.24, 2.45) is 5.73 Å². The third-order valence-corrected chi connectivity index (χ3v) is 3.06. The van der Waals surface area contributed by atoms with Crippen LogP contribution < -0.4 is 5.73 Å². The van der Waals surface area contributed by atoms with E-state index in [1.165, 1.54) is 12.1 Å². The topological polar surface area (TPSA) is 29.3 Å². The quantitative estimate of drug-likeness (QED) is 0.669. The van der Waals surface area contributed by atoms with Gasteiger partial charge in [-0.05, 0) is 19.9 Å². The Morgan fingerprint density at radius 2 is 1.95 bits per heavy atom. The first kappa shape index (κ1) is 16.8. The van der Waals surface area contributed by atoms with Crippen molar-refractivity contribution in [1.82, 2.24) is 4.90 Å². The number of rotatable bonds is 5. The lowest BCUT2D eigenvalue weighted by Gasteiger charge is -2.27. The SMILES string of the molecule is CC(C)N(Cc1ccc(C(N)=S)cc1F)CC(F)(F)F. The van der Waals surface area contributed by atoms with E-state index < -0.39 is 18.5 Å². The zero-order chi connectivity index (χ0) is 15.5. The minimum absolute atomic E-state index is 0.0476. The fourth-order valence-electron chi connectivity index (χ4n) is 1.70. The molecule has 0 aliphatic heterocycles. The predicted molar refractivity (Wildman–Crippen MR) is 73.9 cm³/mol. The van der Waals surface area contributed by atoms with Crippen LogP contribution in [0.25, 0.3) is 0 Å². The molecule has 0 spiro atoms. The molecule has 0 unspecified atom stereocenters. The maximum absolute atomic E-state index is 13.8. The number of halogens is 4. The first-order valence-electron chi connectivity index (χ1n) is 5.99. The van der Waals surface area contributed by atoms with E-state index in [1.807, 2.05) is 0 Å². The Morgan fingerprint density at radius 1 is 1.35 bits per heavy atom. The van der Waals surface area contributed by atoms with Crippen molar-refractivity contribution in [2.45, 2.75) is 32.6 Å². The standard InChI is InChI=1S/C13H16F4N2S/c1-8(2)19(7-13(15,16)17)6-10-4-3-9(12(18)20)5-11(10)14/h3-5,8H,6-7H2,1-2H3,(H2,18,20). The number of thiocarbonyl (C=S) groups is 1. The highest BCUT2D eigenvalue weighted by Crippen LogP contribution is 2.21. The van der Waals surface area contributed by atoms with E-state index in [2.05, 4.69) is 0 Å². The maximum Gasteiger partial charge on any atom is 0.401 e. The van der Waals surface area contributed by atoms with Gasteiger partial charge in [0.15, 0.2) is 0 Å². The Bertz CT molecular complexity index is 486. The van der Waals surface area contributed by atoms with Crippen LogP contribution in [-0.2, 0) is 6.54 Å². The average Bonchev–Trinajstić information content (AvgIpc) is 2.28. The normalized spacial score (nSPS) is 12.2. The Hall–Kier alpha value is -1.21. The van der Waals surface area contributed by atoms with Crippen molar-refractivity contribution in [3.05, 3.63) is 35.1 Å². The fourth-order valence-corrected chi connectivity index (χ4v) is 1.83. The molecule has 7 heteroatoms. The summed E-state index contributed by atoms with van der Waals surface area (Å²) in [6.45, 7) is 2.06. The molecular formula is C13H16F4N2S. The molecule has 0 heterocycles. The van der Waals surface area contributed by atoms with Crippen molar-refractivity contribution in [2.75, 3.05) is 6.54 Å². The molecule has 0 radical (unpaired) electrons. The molecule has 0 atom stereocenters. The van der Waals surface area contributed by atoms with Crippen LogP contribution >= 0.6 is 12.2 Å². The summed E-state index contributed by atoms with van der Waals surface area (Å²) in [5.41, 5.74) is 5.91. The number of nitrogens with zero attached hydrogens (tertiary/aromatic N) is 1. The van der Waals surface area contributed by atoms with Crippen LogP contribution in [0.5, 0.6) is 0 Å². The molecular weight excluding hydrogens is 292 g/mol. The molecule has 112 valence electrons. The molecule has 1 rings (SSSR count). The number of nitrogens with two attached hydrogens (primary N) is 1. The van der Waals surface area contributed by atoms with Gasteiger partial charge in [0.1, 0.15) is 10.8 Å².